The number of para-hydroxylation sites is 1. The minimum absolute atomic E-state index is 0.125. The molecule has 0 bridgehead atoms. The van der Waals surface area contributed by atoms with Gasteiger partial charge in [-0.25, -0.2) is 9.59 Å². The second-order valence-electron chi connectivity index (χ2n) is 14.0. The molecule has 248 valence electrons. The number of hydrogen-bond acceptors (Lipinski definition) is 6. The van der Waals surface area contributed by atoms with Gasteiger partial charge in [0, 0.05) is 45.2 Å². The molecule has 1 aromatic carbocycles. The van der Waals surface area contributed by atoms with Crippen LogP contribution in [0.2, 0.25) is 0 Å². The van der Waals surface area contributed by atoms with Gasteiger partial charge in [-0.3, -0.25) is 9.59 Å². The highest BCUT2D eigenvalue weighted by Crippen LogP contribution is 2.33. The third kappa shape index (κ3) is 12.0. The fourth-order valence-electron chi connectivity index (χ4n) is 5.34. The van der Waals surface area contributed by atoms with Crippen molar-refractivity contribution in [2.24, 2.45) is 11.3 Å². The standard InChI is InChI=1S/C33H55N5O6/c1-10-11-16-34-29(41)22(2)17-27(39)25(36-31(43)44-32(3,4)5)19-33(6,7)20-28(40)38-21-24(35-30(42)37(8)9)18-23-14-12-13-15-26(23)38/h12-15,22,24-25,27,39H,10-11,16-21H2,1-9H3,(H,34,41)(H,35,42)(H,36,43)/t22-,24?,25+,27+/m1/s1. The van der Waals surface area contributed by atoms with Gasteiger partial charge in [-0.1, -0.05) is 52.3 Å². The van der Waals surface area contributed by atoms with E-state index in [0.29, 0.717) is 19.5 Å². The van der Waals surface area contributed by atoms with Crippen LogP contribution in [0.4, 0.5) is 15.3 Å². The molecule has 4 atom stereocenters. The number of amides is 5. The molecule has 0 fully saturated rings. The van der Waals surface area contributed by atoms with Crippen LogP contribution < -0.4 is 20.9 Å². The molecule has 0 aliphatic carbocycles. The number of hydrogen-bond donors (Lipinski definition) is 4. The number of unbranched alkanes of at least 4 members (excludes halogenated alkanes) is 1. The number of benzene rings is 1. The van der Waals surface area contributed by atoms with E-state index in [2.05, 4.69) is 16.0 Å². The predicted molar refractivity (Wildman–Crippen MR) is 172 cm³/mol. The van der Waals surface area contributed by atoms with E-state index >= 15 is 0 Å². The van der Waals surface area contributed by atoms with Crippen LogP contribution >= 0.6 is 0 Å². The number of anilines is 1. The van der Waals surface area contributed by atoms with Crippen molar-refractivity contribution in [3.05, 3.63) is 29.8 Å². The van der Waals surface area contributed by atoms with Crippen LogP contribution in [-0.4, -0.2) is 84.9 Å². The molecule has 1 aromatic rings. The average molecular weight is 618 g/mol. The summed E-state index contributed by atoms with van der Waals surface area (Å²) in [4.78, 5) is 54.9. The Hall–Kier alpha value is -3.34. The number of urea groups is 1. The molecule has 0 aromatic heterocycles. The van der Waals surface area contributed by atoms with Crippen molar-refractivity contribution in [3.63, 3.8) is 0 Å². The summed E-state index contributed by atoms with van der Waals surface area (Å²) >= 11 is 0. The van der Waals surface area contributed by atoms with E-state index in [9.17, 15) is 24.3 Å². The third-order valence-electron chi connectivity index (χ3n) is 7.63. The summed E-state index contributed by atoms with van der Waals surface area (Å²) in [7, 11) is 3.35. The summed E-state index contributed by atoms with van der Waals surface area (Å²) in [6.45, 7) is 13.8. The van der Waals surface area contributed by atoms with Crippen molar-refractivity contribution < 1.29 is 29.0 Å². The van der Waals surface area contributed by atoms with Crippen molar-refractivity contribution in [1.29, 1.82) is 0 Å². The zero-order valence-electron chi connectivity index (χ0n) is 28.2. The lowest BCUT2D eigenvalue weighted by Gasteiger charge is -2.38. The Morgan fingerprint density at radius 1 is 1.11 bits per heavy atom. The Labute approximate surface area is 263 Å². The number of aliphatic hydroxyl groups excluding tert-OH is 1. The first-order chi connectivity index (χ1) is 20.4. The molecule has 1 aliphatic rings. The molecule has 0 saturated heterocycles. The van der Waals surface area contributed by atoms with Crippen molar-refractivity contribution in [3.8, 4) is 0 Å². The fraction of sp³-hybridized carbons (Fsp3) is 0.697. The van der Waals surface area contributed by atoms with Gasteiger partial charge in [-0.15, -0.1) is 0 Å². The van der Waals surface area contributed by atoms with Crippen molar-refractivity contribution in [1.82, 2.24) is 20.9 Å². The van der Waals surface area contributed by atoms with Crippen molar-refractivity contribution in [2.45, 2.75) is 111 Å². The summed E-state index contributed by atoms with van der Waals surface area (Å²) < 4.78 is 5.47. The van der Waals surface area contributed by atoms with E-state index in [-0.39, 0.29) is 43.1 Å². The second kappa shape index (κ2) is 16.1. The van der Waals surface area contributed by atoms with Crippen LogP contribution in [0.1, 0.15) is 86.1 Å². The molecule has 11 heteroatoms. The number of rotatable bonds is 13. The number of nitrogens with zero attached hydrogens (tertiary/aromatic N) is 2. The van der Waals surface area contributed by atoms with Gasteiger partial charge in [0.15, 0.2) is 0 Å². The normalized spacial score (nSPS) is 17.0. The highest BCUT2D eigenvalue weighted by Gasteiger charge is 2.36. The van der Waals surface area contributed by atoms with Crippen molar-refractivity contribution in [2.75, 3.05) is 32.1 Å². The number of aliphatic hydroxyl groups is 1. The Kier molecular flexibility index (Phi) is 13.5. The van der Waals surface area contributed by atoms with E-state index in [1.165, 1.54) is 4.90 Å². The molecule has 1 heterocycles. The number of ether oxygens (including phenoxy) is 1. The van der Waals surface area contributed by atoms with Crippen molar-refractivity contribution >= 4 is 29.6 Å². The largest absolute Gasteiger partial charge is 0.444 e. The van der Waals surface area contributed by atoms with E-state index in [1.54, 1.807) is 46.7 Å². The lowest BCUT2D eigenvalue weighted by atomic mass is 9.79. The summed E-state index contributed by atoms with van der Waals surface area (Å²) in [5.41, 5.74) is 0.395. The quantitative estimate of drug-likeness (QED) is 0.245. The summed E-state index contributed by atoms with van der Waals surface area (Å²) in [5.74, 6) is -0.753. The van der Waals surface area contributed by atoms with Gasteiger partial charge in [0.05, 0.1) is 18.2 Å². The van der Waals surface area contributed by atoms with Gasteiger partial charge in [-0.05, 0) is 63.5 Å². The highest BCUT2D eigenvalue weighted by molar-refractivity contribution is 5.95. The first-order valence-electron chi connectivity index (χ1n) is 15.7. The number of fused-ring (bicyclic) bond motifs is 1. The predicted octanol–water partition coefficient (Wildman–Crippen LogP) is 4.22. The number of alkyl carbamates (subject to hydrolysis) is 1. The number of carbonyl (C=O) groups is 4. The summed E-state index contributed by atoms with van der Waals surface area (Å²) in [6.07, 6.45) is 1.24. The van der Waals surface area contributed by atoms with Crippen LogP contribution in [0.5, 0.6) is 0 Å². The zero-order chi connectivity index (χ0) is 33.2. The highest BCUT2D eigenvalue weighted by atomic mass is 16.6. The molecule has 1 unspecified atom stereocenters. The molecule has 5 amide bonds. The molecule has 0 saturated carbocycles. The lowest BCUT2D eigenvalue weighted by molar-refractivity contribution is -0.125. The van der Waals surface area contributed by atoms with Gasteiger partial charge in [0.25, 0.3) is 0 Å². The maximum absolute atomic E-state index is 13.9. The first kappa shape index (κ1) is 36.8. The van der Waals surface area contributed by atoms with Crippen LogP contribution in [0.15, 0.2) is 24.3 Å². The monoisotopic (exact) mass is 617 g/mol. The fourth-order valence-corrected chi connectivity index (χ4v) is 5.34. The minimum Gasteiger partial charge on any atom is -0.444 e. The summed E-state index contributed by atoms with van der Waals surface area (Å²) in [5, 5.41) is 20.0. The van der Waals surface area contributed by atoms with Gasteiger partial charge in [-0.2, -0.15) is 0 Å². The van der Waals surface area contributed by atoms with Gasteiger partial charge < -0.3 is 35.6 Å². The first-order valence-corrected chi connectivity index (χ1v) is 15.7. The summed E-state index contributed by atoms with van der Waals surface area (Å²) in [6, 6.07) is 6.44. The molecule has 1 aliphatic heterocycles. The smallest absolute Gasteiger partial charge is 0.407 e. The van der Waals surface area contributed by atoms with Crippen LogP contribution in [-0.2, 0) is 20.7 Å². The van der Waals surface area contributed by atoms with Crippen LogP contribution in [0.3, 0.4) is 0 Å². The Morgan fingerprint density at radius 3 is 2.39 bits per heavy atom. The van der Waals surface area contributed by atoms with E-state index < -0.39 is 35.2 Å². The third-order valence-corrected chi connectivity index (χ3v) is 7.63. The van der Waals surface area contributed by atoms with Gasteiger partial charge >= 0.3 is 12.1 Å². The average Bonchev–Trinajstić information content (AvgIpc) is 2.90. The molecular weight excluding hydrogens is 562 g/mol. The van der Waals surface area contributed by atoms with Crippen LogP contribution in [0, 0.1) is 11.3 Å². The minimum atomic E-state index is -1.05. The number of carbonyl (C=O) groups excluding carboxylic acids is 4. The van der Waals surface area contributed by atoms with E-state index in [4.69, 9.17) is 4.74 Å². The SMILES string of the molecule is CCCCNC(=O)[C@H](C)C[C@H](O)[C@H](CC(C)(C)CC(=O)N1CC(NC(=O)N(C)C)Cc2ccccc21)NC(=O)OC(C)(C)C. The molecule has 44 heavy (non-hydrogen) atoms. The topological polar surface area (TPSA) is 140 Å². The molecule has 11 nitrogen and oxygen atoms in total. The zero-order valence-corrected chi connectivity index (χ0v) is 28.2. The molecule has 0 spiro atoms. The van der Waals surface area contributed by atoms with Crippen LogP contribution in [0.25, 0.3) is 0 Å². The molecular formula is C33H55N5O6. The number of nitrogens with one attached hydrogen (secondary N) is 3. The Morgan fingerprint density at radius 2 is 1.77 bits per heavy atom. The Bertz CT molecular complexity index is 1130. The maximum atomic E-state index is 13.9. The Balaban J connectivity index is 2.22. The van der Waals surface area contributed by atoms with E-state index in [1.807, 2.05) is 45.0 Å². The molecule has 2 rings (SSSR count). The van der Waals surface area contributed by atoms with Gasteiger partial charge in [0.2, 0.25) is 11.8 Å². The lowest BCUT2D eigenvalue weighted by Crippen LogP contribution is -2.53. The van der Waals surface area contributed by atoms with E-state index in [0.717, 1.165) is 24.1 Å². The molecule has 0 radical (unpaired) electrons. The molecule has 4 N–H and O–H groups in total. The van der Waals surface area contributed by atoms with Gasteiger partial charge in [0.1, 0.15) is 5.60 Å². The second-order valence-corrected chi connectivity index (χ2v) is 14.0. The maximum Gasteiger partial charge on any atom is 0.407 e.